The number of nitro benzene ring substituents is 1. The summed E-state index contributed by atoms with van der Waals surface area (Å²) in [5.74, 6) is 0.622. The van der Waals surface area contributed by atoms with Gasteiger partial charge in [-0.05, 0) is 19.4 Å². The predicted octanol–water partition coefficient (Wildman–Crippen LogP) is 4.37. The van der Waals surface area contributed by atoms with E-state index in [0.717, 1.165) is 12.8 Å². The number of methoxy groups -OCH3 is 1. The molecule has 1 unspecified atom stereocenters. The quantitative estimate of drug-likeness (QED) is 0.414. The van der Waals surface area contributed by atoms with Crippen molar-refractivity contribution in [3.05, 3.63) is 28.3 Å². The SMILES string of the molecule is CCCCCCC(C)Nc1cc(OC)ccc1[N+](=O)[O-]. The number of unbranched alkanes of at least 4 members (excludes halogenated alkanes) is 3. The summed E-state index contributed by atoms with van der Waals surface area (Å²) in [6.07, 6.45) is 5.81. The molecule has 5 nitrogen and oxygen atoms in total. The van der Waals surface area contributed by atoms with Gasteiger partial charge in [0.1, 0.15) is 11.4 Å². The first kappa shape index (κ1) is 16.3. The van der Waals surface area contributed by atoms with Gasteiger partial charge in [-0.2, -0.15) is 0 Å². The minimum absolute atomic E-state index is 0.0891. The normalized spacial score (nSPS) is 11.9. The minimum atomic E-state index is -0.369. The number of ether oxygens (including phenoxy) is 1. The molecule has 0 saturated heterocycles. The van der Waals surface area contributed by atoms with E-state index in [1.807, 2.05) is 0 Å². The smallest absolute Gasteiger partial charge is 0.292 e. The molecule has 0 fully saturated rings. The van der Waals surface area contributed by atoms with Crippen LogP contribution in [0.5, 0.6) is 5.75 Å². The number of hydrogen-bond acceptors (Lipinski definition) is 4. The van der Waals surface area contributed by atoms with Crippen LogP contribution in [0.15, 0.2) is 18.2 Å². The molecule has 0 aliphatic carbocycles. The zero-order valence-corrected chi connectivity index (χ0v) is 12.5. The molecule has 0 spiro atoms. The lowest BCUT2D eigenvalue weighted by molar-refractivity contribution is -0.384. The van der Waals surface area contributed by atoms with Crippen LogP contribution in [0.2, 0.25) is 0 Å². The Labute approximate surface area is 120 Å². The second-order valence-electron chi connectivity index (χ2n) is 5.03. The van der Waals surface area contributed by atoms with E-state index in [0.29, 0.717) is 11.4 Å². The number of nitro groups is 1. The molecular formula is C15H24N2O3. The fourth-order valence-corrected chi connectivity index (χ4v) is 2.13. The van der Waals surface area contributed by atoms with Crippen molar-refractivity contribution in [3.63, 3.8) is 0 Å². The molecule has 1 rings (SSSR count). The van der Waals surface area contributed by atoms with Crippen LogP contribution in [0.25, 0.3) is 0 Å². The van der Waals surface area contributed by atoms with Crippen molar-refractivity contribution < 1.29 is 9.66 Å². The highest BCUT2D eigenvalue weighted by molar-refractivity contribution is 5.64. The molecule has 1 atom stereocenters. The highest BCUT2D eigenvalue weighted by Crippen LogP contribution is 2.29. The van der Waals surface area contributed by atoms with Crippen LogP contribution in [0.4, 0.5) is 11.4 Å². The summed E-state index contributed by atoms with van der Waals surface area (Å²) >= 11 is 0. The van der Waals surface area contributed by atoms with E-state index < -0.39 is 0 Å². The van der Waals surface area contributed by atoms with Crippen molar-refractivity contribution in [1.82, 2.24) is 0 Å². The Kier molecular flexibility index (Phi) is 6.84. The van der Waals surface area contributed by atoms with Gasteiger partial charge in [0.2, 0.25) is 0 Å². The summed E-state index contributed by atoms with van der Waals surface area (Å²) < 4.78 is 5.12. The zero-order valence-electron chi connectivity index (χ0n) is 12.5. The number of benzene rings is 1. The Hall–Kier alpha value is -1.78. The van der Waals surface area contributed by atoms with E-state index in [1.165, 1.54) is 25.3 Å². The second-order valence-corrected chi connectivity index (χ2v) is 5.03. The maximum absolute atomic E-state index is 11.0. The van der Waals surface area contributed by atoms with Gasteiger partial charge in [-0.15, -0.1) is 0 Å². The molecule has 0 saturated carbocycles. The highest BCUT2D eigenvalue weighted by atomic mass is 16.6. The Bertz CT molecular complexity index is 435. The van der Waals surface area contributed by atoms with E-state index in [4.69, 9.17) is 4.74 Å². The topological polar surface area (TPSA) is 64.4 Å². The lowest BCUT2D eigenvalue weighted by atomic mass is 10.1. The monoisotopic (exact) mass is 280 g/mol. The van der Waals surface area contributed by atoms with Crippen molar-refractivity contribution in [2.24, 2.45) is 0 Å². The zero-order chi connectivity index (χ0) is 15.0. The molecule has 0 aromatic heterocycles. The van der Waals surface area contributed by atoms with Gasteiger partial charge in [0.15, 0.2) is 0 Å². The average molecular weight is 280 g/mol. The Morgan fingerprint density at radius 3 is 2.70 bits per heavy atom. The molecule has 1 aromatic carbocycles. The lowest BCUT2D eigenvalue weighted by Crippen LogP contribution is -2.16. The third kappa shape index (κ3) is 5.07. The van der Waals surface area contributed by atoms with Crippen molar-refractivity contribution >= 4 is 11.4 Å². The number of nitrogens with one attached hydrogen (secondary N) is 1. The van der Waals surface area contributed by atoms with Crippen molar-refractivity contribution in [2.75, 3.05) is 12.4 Å². The summed E-state index contributed by atoms with van der Waals surface area (Å²) in [5, 5.41) is 14.2. The van der Waals surface area contributed by atoms with Crippen molar-refractivity contribution in [1.29, 1.82) is 0 Å². The average Bonchev–Trinajstić information content (AvgIpc) is 2.43. The van der Waals surface area contributed by atoms with Crippen LogP contribution in [0.3, 0.4) is 0 Å². The summed E-state index contributed by atoms with van der Waals surface area (Å²) in [6, 6.07) is 4.97. The van der Waals surface area contributed by atoms with Crippen LogP contribution < -0.4 is 10.1 Å². The standard InChI is InChI=1S/C15H24N2O3/c1-4-5-6-7-8-12(2)16-14-11-13(20-3)9-10-15(14)17(18)19/h9-12,16H,4-8H2,1-3H3. The van der Waals surface area contributed by atoms with Crippen molar-refractivity contribution in [2.45, 2.75) is 52.0 Å². The van der Waals surface area contributed by atoms with E-state index in [2.05, 4.69) is 19.2 Å². The van der Waals surface area contributed by atoms with Gasteiger partial charge >= 0.3 is 0 Å². The third-order valence-electron chi connectivity index (χ3n) is 3.29. The van der Waals surface area contributed by atoms with Gasteiger partial charge in [-0.3, -0.25) is 10.1 Å². The minimum Gasteiger partial charge on any atom is -0.497 e. The maximum Gasteiger partial charge on any atom is 0.292 e. The van der Waals surface area contributed by atoms with E-state index in [-0.39, 0.29) is 16.7 Å². The van der Waals surface area contributed by atoms with Crippen molar-refractivity contribution in [3.8, 4) is 5.75 Å². The van der Waals surface area contributed by atoms with Gasteiger partial charge in [0.05, 0.1) is 12.0 Å². The molecule has 1 N–H and O–H groups in total. The van der Waals surface area contributed by atoms with Crippen LogP contribution in [0, 0.1) is 10.1 Å². The van der Waals surface area contributed by atoms with Crippen LogP contribution >= 0.6 is 0 Å². The van der Waals surface area contributed by atoms with E-state index in [9.17, 15) is 10.1 Å². The first-order valence-corrected chi connectivity index (χ1v) is 7.17. The molecule has 20 heavy (non-hydrogen) atoms. The molecule has 0 heterocycles. The summed E-state index contributed by atoms with van der Waals surface area (Å²) in [6.45, 7) is 4.23. The summed E-state index contributed by atoms with van der Waals surface area (Å²) in [4.78, 5) is 10.7. The Morgan fingerprint density at radius 2 is 2.10 bits per heavy atom. The van der Waals surface area contributed by atoms with Crippen LogP contribution in [-0.2, 0) is 0 Å². The van der Waals surface area contributed by atoms with Crippen LogP contribution in [-0.4, -0.2) is 18.1 Å². The number of anilines is 1. The molecule has 1 aromatic rings. The number of hydrogen-bond donors (Lipinski definition) is 1. The molecule has 5 heteroatoms. The van der Waals surface area contributed by atoms with Crippen LogP contribution in [0.1, 0.15) is 46.0 Å². The summed E-state index contributed by atoms with van der Waals surface area (Å²) in [7, 11) is 1.55. The molecule has 0 bridgehead atoms. The number of nitrogens with zero attached hydrogens (tertiary/aromatic N) is 1. The molecule has 112 valence electrons. The van der Waals surface area contributed by atoms with Gasteiger partial charge in [-0.1, -0.05) is 32.6 Å². The van der Waals surface area contributed by atoms with Gasteiger partial charge in [0.25, 0.3) is 5.69 Å². The van der Waals surface area contributed by atoms with E-state index in [1.54, 1.807) is 19.2 Å². The Balaban J connectivity index is 2.66. The molecular weight excluding hydrogens is 256 g/mol. The number of rotatable bonds is 9. The first-order chi connectivity index (χ1) is 9.58. The molecule has 0 amide bonds. The maximum atomic E-state index is 11.0. The first-order valence-electron chi connectivity index (χ1n) is 7.17. The van der Waals surface area contributed by atoms with Gasteiger partial charge in [-0.25, -0.2) is 0 Å². The van der Waals surface area contributed by atoms with E-state index >= 15 is 0 Å². The second kappa shape index (κ2) is 8.40. The fourth-order valence-electron chi connectivity index (χ4n) is 2.13. The molecule has 0 aliphatic heterocycles. The third-order valence-corrected chi connectivity index (χ3v) is 3.29. The Morgan fingerprint density at radius 1 is 1.35 bits per heavy atom. The largest absolute Gasteiger partial charge is 0.497 e. The molecule has 0 radical (unpaired) electrons. The highest BCUT2D eigenvalue weighted by Gasteiger charge is 2.16. The predicted molar refractivity (Wildman–Crippen MR) is 81.5 cm³/mol. The lowest BCUT2D eigenvalue weighted by Gasteiger charge is -2.15. The summed E-state index contributed by atoms with van der Waals surface area (Å²) in [5.41, 5.74) is 0.614. The van der Waals surface area contributed by atoms with Gasteiger partial charge in [0, 0.05) is 18.2 Å². The molecule has 0 aliphatic rings. The fraction of sp³-hybridized carbons (Fsp3) is 0.600. The van der Waals surface area contributed by atoms with Gasteiger partial charge < -0.3 is 10.1 Å².